The molecule has 0 unspecified atom stereocenters. The van der Waals surface area contributed by atoms with Crippen LogP contribution < -0.4 is 5.32 Å². The molecule has 0 radical (unpaired) electrons. The molecule has 174 valence electrons. The zero-order valence-electron chi connectivity index (χ0n) is 18.9. The van der Waals surface area contributed by atoms with Crippen molar-refractivity contribution in [2.45, 2.75) is 19.3 Å². The number of benzene rings is 2. The molecule has 0 bridgehead atoms. The van der Waals surface area contributed by atoms with Gasteiger partial charge in [-0.2, -0.15) is 0 Å². The molecule has 2 aromatic heterocycles. The molecule has 35 heavy (non-hydrogen) atoms. The summed E-state index contributed by atoms with van der Waals surface area (Å²) in [5.74, 6) is -0.677. The second kappa shape index (κ2) is 9.30. The Morgan fingerprint density at radius 1 is 1.06 bits per heavy atom. The molecule has 9 heteroatoms. The molecule has 0 saturated carbocycles. The lowest BCUT2D eigenvalue weighted by molar-refractivity contribution is -0.139. The molecule has 0 spiro atoms. The topological polar surface area (TPSA) is 126 Å². The summed E-state index contributed by atoms with van der Waals surface area (Å²) in [7, 11) is 1.34. The number of carbonyl (C=O) groups is 3. The van der Waals surface area contributed by atoms with E-state index in [0.29, 0.717) is 28.7 Å². The Kier molecular flexibility index (Phi) is 5.88. The van der Waals surface area contributed by atoms with E-state index in [4.69, 9.17) is 0 Å². The van der Waals surface area contributed by atoms with Crippen molar-refractivity contribution in [2.75, 3.05) is 12.4 Å². The van der Waals surface area contributed by atoms with Crippen LogP contribution in [0.3, 0.4) is 0 Å². The molecule has 2 aromatic carbocycles. The number of ketones is 1. The maximum atomic E-state index is 13.0. The average Bonchev–Trinajstić information content (AvgIpc) is 3.49. The Morgan fingerprint density at radius 2 is 1.89 bits per heavy atom. The summed E-state index contributed by atoms with van der Waals surface area (Å²) in [5, 5.41) is 4.57. The zero-order valence-corrected chi connectivity index (χ0v) is 18.9. The fourth-order valence-corrected chi connectivity index (χ4v) is 3.99. The van der Waals surface area contributed by atoms with Gasteiger partial charge >= 0.3 is 5.97 Å². The van der Waals surface area contributed by atoms with Gasteiger partial charge in [0.05, 0.1) is 19.0 Å². The van der Waals surface area contributed by atoms with Crippen molar-refractivity contribution in [1.82, 2.24) is 15.0 Å². The number of methoxy groups -OCH3 is 1. The summed E-state index contributed by atoms with van der Waals surface area (Å²) >= 11 is 0. The summed E-state index contributed by atoms with van der Waals surface area (Å²) in [6, 6.07) is 14.6. The van der Waals surface area contributed by atoms with Crippen LogP contribution in [0.15, 0.2) is 71.5 Å². The minimum atomic E-state index is -0.410. The highest BCUT2D eigenvalue weighted by Gasteiger charge is 2.20. The van der Waals surface area contributed by atoms with Gasteiger partial charge in [0, 0.05) is 41.9 Å². The molecule has 1 amide bonds. The Balaban J connectivity index is 1.30. The lowest BCUT2D eigenvalue weighted by atomic mass is 10.0. The number of nitrogens with one attached hydrogen (secondary N) is 2. The van der Waals surface area contributed by atoms with Crippen LogP contribution in [0.2, 0.25) is 0 Å². The fraction of sp³-hybridized carbons (Fsp3) is 0.154. The maximum Gasteiger partial charge on any atom is 0.309 e. The van der Waals surface area contributed by atoms with E-state index < -0.39 is 5.91 Å². The molecular weight excluding hydrogens is 446 g/mol. The highest BCUT2D eigenvalue weighted by atomic mass is 16.5. The van der Waals surface area contributed by atoms with E-state index in [2.05, 4.69) is 30.0 Å². The standard InChI is InChI=1S/C26H21N5O4/c1-35-23(33)10-15-9-18(27-13-15)12-22(32)19-7-4-8-20-24(19)30-26(29-20)31-25(34)21-11-16-5-2-3-6-17(16)14-28-21/h2-8,11,13-14H,9-10,12H2,1H3,(H2,29,30,31,34). The summed E-state index contributed by atoms with van der Waals surface area (Å²) < 4.78 is 4.68. The number of H-pyrrole nitrogens is 1. The number of carbonyl (C=O) groups excluding carboxylic acids is 3. The number of aliphatic imine (C=N–C) groups is 1. The molecule has 0 fully saturated rings. The van der Waals surface area contributed by atoms with E-state index in [-0.39, 0.29) is 36.2 Å². The Morgan fingerprint density at radius 3 is 2.71 bits per heavy atom. The predicted octanol–water partition coefficient (Wildman–Crippen LogP) is 4.23. The summed E-state index contributed by atoms with van der Waals surface area (Å²) in [6.45, 7) is 0. The summed E-state index contributed by atoms with van der Waals surface area (Å²) in [6.07, 6.45) is 3.98. The van der Waals surface area contributed by atoms with Gasteiger partial charge in [-0.25, -0.2) is 4.98 Å². The van der Waals surface area contributed by atoms with Gasteiger partial charge in [-0.15, -0.1) is 0 Å². The number of hydrogen-bond donors (Lipinski definition) is 2. The second-order valence-corrected chi connectivity index (χ2v) is 8.17. The first-order valence-electron chi connectivity index (χ1n) is 11.0. The number of Topliss-reactive ketones (excluding diaryl/α,β-unsaturated/α-hetero) is 1. The van der Waals surface area contributed by atoms with Crippen molar-refractivity contribution >= 4 is 51.1 Å². The second-order valence-electron chi connectivity index (χ2n) is 8.17. The van der Waals surface area contributed by atoms with Crippen molar-refractivity contribution in [2.24, 2.45) is 4.99 Å². The molecule has 1 aliphatic heterocycles. The largest absolute Gasteiger partial charge is 0.469 e. The van der Waals surface area contributed by atoms with Gasteiger partial charge in [0.2, 0.25) is 5.95 Å². The third-order valence-electron chi connectivity index (χ3n) is 5.73. The van der Waals surface area contributed by atoms with Crippen LogP contribution in [-0.2, 0) is 9.53 Å². The summed E-state index contributed by atoms with van der Waals surface area (Å²) in [4.78, 5) is 53.3. The van der Waals surface area contributed by atoms with Gasteiger partial charge < -0.3 is 9.72 Å². The summed E-state index contributed by atoms with van der Waals surface area (Å²) in [5.41, 5.74) is 3.25. The first-order chi connectivity index (χ1) is 17.0. The number of aromatic amines is 1. The number of pyridine rings is 1. The number of fused-ring (bicyclic) bond motifs is 2. The van der Waals surface area contributed by atoms with Gasteiger partial charge in [0.25, 0.3) is 5.91 Å². The maximum absolute atomic E-state index is 13.0. The minimum Gasteiger partial charge on any atom is -0.469 e. The van der Waals surface area contributed by atoms with E-state index in [1.54, 1.807) is 36.7 Å². The number of ether oxygens (including phenoxy) is 1. The molecule has 1 aliphatic rings. The number of anilines is 1. The molecule has 4 aromatic rings. The lowest BCUT2D eigenvalue weighted by Gasteiger charge is -2.04. The van der Waals surface area contributed by atoms with E-state index >= 15 is 0 Å². The zero-order chi connectivity index (χ0) is 24.4. The molecule has 2 N–H and O–H groups in total. The van der Waals surface area contributed by atoms with Crippen LogP contribution in [0.5, 0.6) is 0 Å². The number of imidazole rings is 1. The van der Waals surface area contributed by atoms with Crippen molar-refractivity contribution in [3.63, 3.8) is 0 Å². The number of amides is 1. The molecule has 0 aliphatic carbocycles. The number of para-hydroxylation sites is 1. The fourth-order valence-electron chi connectivity index (χ4n) is 3.99. The first-order valence-corrected chi connectivity index (χ1v) is 11.0. The number of hydrogen-bond acceptors (Lipinski definition) is 7. The van der Waals surface area contributed by atoms with E-state index in [0.717, 1.165) is 16.3 Å². The van der Waals surface area contributed by atoms with Crippen LogP contribution >= 0.6 is 0 Å². The Hall–Kier alpha value is -4.66. The average molecular weight is 467 g/mol. The molecule has 5 rings (SSSR count). The van der Waals surface area contributed by atoms with Crippen molar-refractivity contribution < 1.29 is 19.1 Å². The van der Waals surface area contributed by atoms with Gasteiger partial charge in [0.1, 0.15) is 11.2 Å². The Bertz CT molecular complexity index is 1550. The normalized spacial score (nSPS) is 12.9. The van der Waals surface area contributed by atoms with Crippen LogP contribution in [-0.4, -0.2) is 45.4 Å². The number of nitrogens with zero attached hydrogens (tertiary/aromatic N) is 3. The number of esters is 1. The van der Waals surface area contributed by atoms with Gasteiger partial charge in [-0.3, -0.25) is 29.7 Å². The van der Waals surface area contributed by atoms with E-state index in [9.17, 15) is 14.4 Å². The quantitative estimate of drug-likeness (QED) is 0.309. The number of aromatic nitrogens is 3. The van der Waals surface area contributed by atoms with Crippen LogP contribution in [0.25, 0.3) is 21.8 Å². The van der Waals surface area contributed by atoms with Crippen molar-refractivity contribution in [1.29, 1.82) is 0 Å². The minimum absolute atomic E-state index is 0.107. The third-order valence-corrected chi connectivity index (χ3v) is 5.73. The van der Waals surface area contributed by atoms with Crippen LogP contribution in [0, 0.1) is 0 Å². The van der Waals surface area contributed by atoms with E-state index in [1.807, 2.05) is 24.3 Å². The molecule has 0 atom stereocenters. The highest BCUT2D eigenvalue weighted by molar-refractivity contribution is 6.16. The lowest BCUT2D eigenvalue weighted by Crippen LogP contribution is -2.14. The van der Waals surface area contributed by atoms with Gasteiger partial charge in [-0.1, -0.05) is 30.3 Å². The smallest absolute Gasteiger partial charge is 0.309 e. The molecule has 0 saturated heterocycles. The van der Waals surface area contributed by atoms with Crippen molar-refractivity contribution in [3.8, 4) is 0 Å². The van der Waals surface area contributed by atoms with Crippen molar-refractivity contribution in [3.05, 3.63) is 77.8 Å². The highest BCUT2D eigenvalue weighted by Crippen LogP contribution is 2.23. The predicted molar refractivity (Wildman–Crippen MR) is 132 cm³/mol. The van der Waals surface area contributed by atoms with Crippen LogP contribution in [0.4, 0.5) is 5.95 Å². The van der Waals surface area contributed by atoms with Gasteiger partial charge in [-0.05, 0) is 29.2 Å². The Labute approximate surface area is 199 Å². The number of rotatable bonds is 7. The molecule has 9 nitrogen and oxygen atoms in total. The third kappa shape index (κ3) is 4.70. The SMILES string of the molecule is COC(=O)CC1=CN=C(CC(=O)c2cccc3[nH]c(NC(=O)c4cc5ccccc5cn4)nc23)C1. The molecular formula is C26H21N5O4. The van der Waals surface area contributed by atoms with Gasteiger partial charge in [0.15, 0.2) is 5.78 Å². The first kappa shape index (κ1) is 22.1. The van der Waals surface area contributed by atoms with E-state index in [1.165, 1.54) is 7.11 Å². The van der Waals surface area contributed by atoms with Crippen LogP contribution in [0.1, 0.15) is 40.1 Å². The molecule has 3 heterocycles. The monoisotopic (exact) mass is 467 g/mol.